The fraction of sp³-hybridized carbons (Fsp3) is 0.0638. The van der Waals surface area contributed by atoms with Crippen molar-refractivity contribution < 1.29 is 11.4 Å². The molecule has 0 atom stereocenters. The summed E-state index contributed by atoms with van der Waals surface area (Å²) in [4.78, 5) is 0. The fourth-order valence-electron chi connectivity index (χ4n) is 7.88. The lowest BCUT2D eigenvalue weighted by atomic mass is 9.66. The Morgan fingerprint density at radius 1 is 0.490 bits per heavy atom. The van der Waals surface area contributed by atoms with E-state index in [1.54, 1.807) is 0 Å². The van der Waals surface area contributed by atoms with Crippen molar-refractivity contribution in [3.05, 3.63) is 187 Å². The van der Waals surface area contributed by atoms with Crippen LogP contribution in [-0.4, -0.2) is 0 Å². The molecule has 2 heteroatoms. The van der Waals surface area contributed by atoms with Gasteiger partial charge in [0, 0.05) is 21.3 Å². The van der Waals surface area contributed by atoms with Crippen LogP contribution in [0.4, 0.5) is 0 Å². The molecule has 234 valence electrons. The SMILES string of the molecule is [2H]c1c([2H])c([2H])c(-c2ccc3c(c2)C(C)(C)c2cccc4c(-c5ccc(P(=O)(c6ccccc6)c6ccccc6)cc5)c5ccccc5c-3c24)c([2H])c1[2H]. The second kappa shape index (κ2) is 11.3. The second-order valence-electron chi connectivity index (χ2n) is 13.2. The number of fused-ring (bicyclic) bond motifs is 4. The van der Waals surface area contributed by atoms with E-state index in [0.717, 1.165) is 65.5 Å². The first-order chi connectivity index (χ1) is 26.0. The molecule has 0 heterocycles. The minimum absolute atomic E-state index is 0.205. The molecule has 0 bridgehead atoms. The zero-order valence-electron chi connectivity index (χ0n) is 32.2. The van der Waals surface area contributed by atoms with E-state index in [4.69, 9.17) is 6.85 Å². The van der Waals surface area contributed by atoms with Gasteiger partial charge >= 0.3 is 0 Å². The summed E-state index contributed by atoms with van der Waals surface area (Å²) in [5, 5.41) is 6.86. The number of benzene rings is 8. The molecule has 49 heavy (non-hydrogen) atoms. The van der Waals surface area contributed by atoms with Gasteiger partial charge in [-0.05, 0) is 72.1 Å². The average Bonchev–Trinajstić information content (AvgIpc) is 3.21. The molecule has 0 N–H and O–H groups in total. The maximum absolute atomic E-state index is 15.2. The molecule has 0 aliphatic heterocycles. The van der Waals surface area contributed by atoms with Crippen LogP contribution in [0, 0.1) is 0 Å². The summed E-state index contributed by atoms with van der Waals surface area (Å²) in [7, 11) is -3.14. The highest BCUT2D eigenvalue weighted by atomic mass is 31.2. The van der Waals surface area contributed by atoms with Crippen molar-refractivity contribution in [1.29, 1.82) is 0 Å². The first-order valence-electron chi connectivity index (χ1n) is 19.1. The molecule has 1 aliphatic carbocycles. The third kappa shape index (κ3) is 4.50. The summed E-state index contributed by atoms with van der Waals surface area (Å²) in [5.41, 5.74) is 6.84. The predicted molar refractivity (Wildman–Crippen MR) is 209 cm³/mol. The summed E-state index contributed by atoms with van der Waals surface area (Å²) in [6, 6.07) is 47.2. The molecule has 0 aromatic heterocycles. The van der Waals surface area contributed by atoms with Crippen LogP contribution in [0.2, 0.25) is 0 Å². The normalized spacial score (nSPS) is 14.8. The number of hydrogen-bond donors (Lipinski definition) is 0. The molecule has 0 fully saturated rings. The van der Waals surface area contributed by atoms with Gasteiger partial charge in [0.15, 0.2) is 7.14 Å². The quantitative estimate of drug-likeness (QED) is 0.134. The average molecular weight is 652 g/mol. The maximum atomic E-state index is 15.2. The monoisotopic (exact) mass is 651 g/mol. The van der Waals surface area contributed by atoms with Crippen LogP contribution in [0.3, 0.4) is 0 Å². The van der Waals surface area contributed by atoms with Crippen LogP contribution in [0.15, 0.2) is 176 Å². The van der Waals surface area contributed by atoms with Crippen molar-refractivity contribution >= 4 is 44.6 Å². The van der Waals surface area contributed by atoms with Gasteiger partial charge in [-0.3, -0.25) is 0 Å². The standard InChI is InChI=1S/C47H35OP/c1-47(2)42-24-14-23-41-44(33-25-28-37(29-26-33)49(48,35-17-8-4-9-18-35)36-19-10-5-11-20-36)38-21-12-13-22-39(38)45(46(41)42)40-30-27-34(31-43(40)47)32-15-6-3-7-16-32/h3-31H,1-2H3/i3D,6D,7D,15D,16D. The number of rotatable bonds is 5. The van der Waals surface area contributed by atoms with E-state index in [2.05, 4.69) is 74.5 Å². The molecule has 1 nitrogen and oxygen atoms in total. The van der Waals surface area contributed by atoms with E-state index in [1.165, 1.54) is 5.39 Å². The minimum Gasteiger partial charge on any atom is -0.309 e. The zero-order chi connectivity index (χ0) is 37.5. The molecule has 9 rings (SSSR count). The third-order valence-corrected chi connectivity index (χ3v) is 13.3. The molecule has 0 radical (unpaired) electrons. The molecular weight excluding hydrogens is 611 g/mol. The van der Waals surface area contributed by atoms with E-state index in [0.29, 0.717) is 5.56 Å². The van der Waals surface area contributed by atoms with Gasteiger partial charge in [-0.1, -0.05) is 184 Å². The van der Waals surface area contributed by atoms with Crippen molar-refractivity contribution in [2.45, 2.75) is 19.3 Å². The molecule has 0 saturated heterocycles. The van der Waals surface area contributed by atoms with Gasteiger partial charge in [0.25, 0.3) is 0 Å². The van der Waals surface area contributed by atoms with E-state index < -0.39 is 18.6 Å². The lowest BCUT2D eigenvalue weighted by Gasteiger charge is -2.36. The van der Waals surface area contributed by atoms with Crippen LogP contribution in [0.25, 0.3) is 54.9 Å². The van der Waals surface area contributed by atoms with Gasteiger partial charge in [-0.2, -0.15) is 0 Å². The van der Waals surface area contributed by atoms with E-state index >= 15 is 4.57 Å². The largest absolute Gasteiger partial charge is 0.309 e. The fourth-order valence-corrected chi connectivity index (χ4v) is 10.5. The molecular formula is C47H35OP. The molecule has 0 saturated carbocycles. The van der Waals surface area contributed by atoms with Crippen molar-refractivity contribution in [3.63, 3.8) is 0 Å². The van der Waals surface area contributed by atoms with Gasteiger partial charge in [0.1, 0.15) is 0 Å². The highest BCUT2D eigenvalue weighted by Gasteiger charge is 2.36. The van der Waals surface area contributed by atoms with E-state index in [9.17, 15) is 0 Å². The number of hydrogen-bond acceptors (Lipinski definition) is 1. The predicted octanol–water partition coefficient (Wildman–Crippen LogP) is 11.3. The van der Waals surface area contributed by atoms with Gasteiger partial charge in [-0.25, -0.2) is 0 Å². The Morgan fingerprint density at radius 3 is 1.69 bits per heavy atom. The molecule has 8 aromatic carbocycles. The highest BCUT2D eigenvalue weighted by molar-refractivity contribution is 7.85. The smallest absolute Gasteiger partial charge is 0.171 e. The Morgan fingerprint density at radius 2 is 1.04 bits per heavy atom. The summed E-state index contributed by atoms with van der Waals surface area (Å²) in [6.45, 7) is 4.40. The summed E-state index contributed by atoms with van der Waals surface area (Å²) >= 11 is 0. The first kappa shape index (κ1) is 24.6. The van der Waals surface area contributed by atoms with E-state index in [1.807, 2.05) is 84.9 Å². The highest BCUT2D eigenvalue weighted by Crippen LogP contribution is 2.54. The molecule has 1 aliphatic rings. The Balaban J connectivity index is 1.27. The topological polar surface area (TPSA) is 17.1 Å². The Bertz CT molecular complexity index is 2790. The van der Waals surface area contributed by atoms with Crippen LogP contribution in [0.5, 0.6) is 0 Å². The van der Waals surface area contributed by atoms with Gasteiger partial charge in [-0.15, -0.1) is 0 Å². The summed E-state index contributed by atoms with van der Waals surface area (Å²) < 4.78 is 57.3. The molecule has 0 unspecified atom stereocenters. The Labute approximate surface area is 294 Å². The summed E-state index contributed by atoms with van der Waals surface area (Å²) in [5.74, 6) is 0. The van der Waals surface area contributed by atoms with Crippen molar-refractivity contribution in [2.75, 3.05) is 0 Å². The van der Waals surface area contributed by atoms with Crippen molar-refractivity contribution in [2.24, 2.45) is 0 Å². The van der Waals surface area contributed by atoms with Crippen molar-refractivity contribution in [3.8, 4) is 33.4 Å². The molecule has 8 aromatic rings. The lowest BCUT2D eigenvalue weighted by Crippen LogP contribution is -2.24. The van der Waals surface area contributed by atoms with Crippen LogP contribution >= 0.6 is 7.14 Å². The van der Waals surface area contributed by atoms with Gasteiger partial charge in [0.05, 0.1) is 6.85 Å². The Hall–Kier alpha value is -5.49. The maximum Gasteiger partial charge on any atom is 0.171 e. The molecule has 0 amide bonds. The molecule has 0 spiro atoms. The Kier molecular flexibility index (Phi) is 5.68. The summed E-state index contributed by atoms with van der Waals surface area (Å²) in [6.07, 6.45) is 0. The first-order valence-corrected chi connectivity index (χ1v) is 18.3. The third-order valence-electron chi connectivity index (χ3n) is 10.2. The second-order valence-corrected chi connectivity index (χ2v) is 16.0. The van der Waals surface area contributed by atoms with Crippen LogP contribution in [0.1, 0.15) is 31.8 Å². The lowest BCUT2D eigenvalue weighted by molar-refractivity contribution is 0.592. The van der Waals surface area contributed by atoms with Crippen LogP contribution in [-0.2, 0) is 9.98 Å². The minimum atomic E-state index is -3.14. The zero-order valence-corrected chi connectivity index (χ0v) is 28.1. The van der Waals surface area contributed by atoms with Crippen molar-refractivity contribution in [1.82, 2.24) is 0 Å². The van der Waals surface area contributed by atoms with Crippen LogP contribution < -0.4 is 15.9 Å². The van der Waals surface area contributed by atoms with E-state index in [-0.39, 0.29) is 29.7 Å². The van der Waals surface area contributed by atoms with Gasteiger partial charge in [0.2, 0.25) is 0 Å². The van der Waals surface area contributed by atoms with Gasteiger partial charge < -0.3 is 4.57 Å².